The van der Waals surface area contributed by atoms with Crippen LogP contribution >= 0.6 is 22.7 Å². The van der Waals surface area contributed by atoms with Gasteiger partial charge in [0.2, 0.25) is 16.5 Å². The predicted octanol–water partition coefficient (Wildman–Crippen LogP) is 15.5. The number of methoxy groups -OCH3 is 3. The van der Waals surface area contributed by atoms with E-state index in [-0.39, 0.29) is 81.7 Å². The van der Waals surface area contributed by atoms with Crippen molar-refractivity contribution in [1.82, 2.24) is 34.5 Å². The van der Waals surface area contributed by atoms with E-state index in [2.05, 4.69) is 101 Å². The zero-order valence-corrected chi connectivity index (χ0v) is 58.0. The Bertz CT molecular complexity index is 3810. The highest BCUT2D eigenvalue weighted by Crippen LogP contribution is 2.43. The van der Waals surface area contributed by atoms with Crippen molar-refractivity contribution in [1.29, 1.82) is 0 Å². The molecule has 0 radical (unpaired) electrons. The van der Waals surface area contributed by atoms with Gasteiger partial charge in [-0.25, -0.2) is 53.6 Å². The summed E-state index contributed by atoms with van der Waals surface area (Å²) in [6.07, 6.45) is 12.2. The Labute approximate surface area is 555 Å². The number of unbranched alkanes of at least 4 members (excludes halogenated alkanes) is 5. The molecule has 6 heterocycles. The number of rotatable bonds is 25. The first kappa shape index (κ1) is 68.9. The van der Waals surface area contributed by atoms with Gasteiger partial charge in [0.25, 0.3) is 0 Å². The summed E-state index contributed by atoms with van der Waals surface area (Å²) in [7, 11) is 4.74. The number of fused-ring (bicyclic) bond motifs is 2. The van der Waals surface area contributed by atoms with E-state index in [1.807, 2.05) is 30.3 Å². The quantitative estimate of drug-likeness (QED) is 0.0297. The van der Waals surface area contributed by atoms with Crippen LogP contribution in [0.2, 0.25) is 0 Å². The third-order valence-electron chi connectivity index (χ3n) is 17.9. The van der Waals surface area contributed by atoms with Gasteiger partial charge in [0, 0.05) is 26.2 Å². The van der Waals surface area contributed by atoms with E-state index in [1.165, 1.54) is 57.7 Å². The lowest BCUT2D eigenvalue weighted by molar-refractivity contribution is -0.151. The van der Waals surface area contributed by atoms with Gasteiger partial charge in [-0.2, -0.15) is 0 Å². The molecule has 0 saturated heterocycles. The molecule has 2 aliphatic carbocycles. The topological polar surface area (TPSA) is 204 Å². The van der Waals surface area contributed by atoms with Crippen LogP contribution in [-0.2, 0) is 19.1 Å². The van der Waals surface area contributed by atoms with Crippen LogP contribution in [0.25, 0.3) is 43.6 Å². The molecule has 2 fully saturated rings. The Morgan fingerprint density at radius 3 is 1.55 bits per heavy atom. The SMILES string of the molecule is [C-]#[N+]C1=C(C(=O)OC2C(C)CC(C)CC2C)c2nc(-c3cc(OC)ccc3OC)nn2C1=Nc1ncc(N(CC)CC)s1.[C-]#[N+]C1=C(C(=O)OC2C(C)CC(C)CC2C)c2nc(-c3cc(OCCCCCCCC)ccc3OC)nn2C1=Nc1ccc(N(CC)CC)s1. The highest BCUT2D eigenvalue weighted by atomic mass is 32.1. The number of ether oxygens (including phenoxy) is 6. The fourth-order valence-corrected chi connectivity index (χ4v) is 15.3. The molecule has 23 heteroatoms. The van der Waals surface area contributed by atoms with Crippen LogP contribution in [0.5, 0.6) is 23.0 Å². The third-order valence-corrected chi connectivity index (χ3v) is 19.9. The smallest absolute Gasteiger partial charge is 0.331 e. The zero-order valence-electron chi connectivity index (χ0n) is 56.3. The summed E-state index contributed by atoms with van der Waals surface area (Å²) in [5, 5.41) is 12.8. The van der Waals surface area contributed by atoms with Gasteiger partial charge in [0.05, 0.1) is 63.4 Å². The lowest BCUT2D eigenvalue weighted by Gasteiger charge is -2.37. The number of allylic oxidation sites excluding steroid dienone is 2. The van der Waals surface area contributed by atoms with Crippen LogP contribution in [0.1, 0.15) is 152 Å². The number of thiophene rings is 1. The Hall–Kier alpha value is -8.41. The first-order chi connectivity index (χ1) is 44.9. The van der Waals surface area contributed by atoms with Crippen molar-refractivity contribution in [3.63, 3.8) is 0 Å². The van der Waals surface area contributed by atoms with E-state index in [1.54, 1.807) is 45.7 Å². The van der Waals surface area contributed by atoms with Gasteiger partial charge in [-0.1, -0.05) is 103 Å². The summed E-state index contributed by atoms with van der Waals surface area (Å²) >= 11 is 2.93. The number of esters is 2. The number of thiazole rings is 1. The first-order valence-corrected chi connectivity index (χ1v) is 34.5. The van der Waals surface area contributed by atoms with Crippen molar-refractivity contribution >= 4 is 77.6 Å². The summed E-state index contributed by atoms with van der Waals surface area (Å²) in [6.45, 7) is 43.8. The number of anilines is 2. The number of aromatic nitrogens is 7. The molecule has 2 aromatic carbocycles. The molecule has 10 rings (SSSR count). The molecule has 0 spiro atoms. The number of hydrogen-bond donors (Lipinski definition) is 0. The van der Waals surface area contributed by atoms with Crippen molar-refractivity contribution in [2.75, 3.05) is 63.9 Å². The minimum Gasteiger partial charge on any atom is -0.497 e. The monoisotopic (exact) mass is 1300 g/mol. The summed E-state index contributed by atoms with van der Waals surface area (Å²) < 4.78 is 38.2. The molecule has 494 valence electrons. The third kappa shape index (κ3) is 15.3. The molecule has 6 aromatic rings. The Morgan fingerprint density at radius 2 is 1.06 bits per heavy atom. The van der Waals surface area contributed by atoms with E-state index in [4.69, 9.17) is 71.7 Å². The summed E-state index contributed by atoms with van der Waals surface area (Å²) in [5.74, 6) is 4.62. The molecular formula is C70H89N13O8S2. The van der Waals surface area contributed by atoms with Crippen LogP contribution in [-0.4, -0.2) is 124 Å². The summed E-state index contributed by atoms with van der Waals surface area (Å²) in [6, 6.07) is 14.9. The second-order valence-corrected chi connectivity index (χ2v) is 26.7. The second kappa shape index (κ2) is 31.5. The van der Waals surface area contributed by atoms with Crippen LogP contribution in [0.4, 0.5) is 20.1 Å². The lowest BCUT2D eigenvalue weighted by atomic mass is 9.75. The van der Waals surface area contributed by atoms with E-state index in [0.717, 1.165) is 74.7 Å². The maximum absolute atomic E-state index is 14.1. The Balaban J connectivity index is 0.000000222. The fourth-order valence-electron chi connectivity index (χ4n) is 13.4. The van der Waals surface area contributed by atoms with E-state index in [9.17, 15) is 9.59 Å². The van der Waals surface area contributed by atoms with Gasteiger partial charge in [0.15, 0.2) is 35.0 Å². The minimum absolute atomic E-state index is 0.0354. The zero-order chi connectivity index (χ0) is 66.6. The van der Waals surface area contributed by atoms with Crippen LogP contribution in [0, 0.1) is 48.7 Å². The number of nitrogens with zero attached hydrogens (tertiary/aromatic N) is 13. The van der Waals surface area contributed by atoms with Crippen molar-refractivity contribution < 1.29 is 38.0 Å². The minimum atomic E-state index is -0.602. The van der Waals surface area contributed by atoms with Gasteiger partial charge >= 0.3 is 11.9 Å². The highest BCUT2D eigenvalue weighted by molar-refractivity contribution is 7.19. The Kier molecular flexibility index (Phi) is 23.3. The van der Waals surface area contributed by atoms with E-state index < -0.39 is 11.9 Å². The largest absolute Gasteiger partial charge is 0.497 e. The molecule has 4 atom stereocenters. The molecule has 2 aliphatic heterocycles. The summed E-state index contributed by atoms with van der Waals surface area (Å²) in [5.41, 5.74) is 1.45. The van der Waals surface area contributed by atoms with Gasteiger partial charge in [-0.3, -0.25) is 0 Å². The van der Waals surface area contributed by atoms with Gasteiger partial charge in [-0.15, -0.1) is 10.2 Å². The Morgan fingerprint density at radius 1 is 0.591 bits per heavy atom. The normalized spacial score (nSPS) is 21.5. The molecule has 0 bridgehead atoms. The molecule has 4 aromatic heterocycles. The van der Waals surface area contributed by atoms with E-state index in [0.29, 0.717) is 74.3 Å². The summed E-state index contributed by atoms with van der Waals surface area (Å²) in [4.78, 5) is 63.9. The van der Waals surface area contributed by atoms with Gasteiger partial charge in [-0.05, 0) is 144 Å². The van der Waals surface area contributed by atoms with Crippen LogP contribution in [0.3, 0.4) is 0 Å². The molecule has 4 unspecified atom stereocenters. The highest BCUT2D eigenvalue weighted by Gasteiger charge is 2.43. The van der Waals surface area contributed by atoms with Crippen molar-refractivity contribution in [3.05, 3.63) is 101 Å². The number of carbonyl (C=O) groups is 2. The number of carbonyl (C=O) groups excluding carboxylic acids is 2. The van der Waals surface area contributed by atoms with Crippen LogP contribution < -0.4 is 28.7 Å². The van der Waals surface area contributed by atoms with E-state index >= 15 is 0 Å². The van der Waals surface area contributed by atoms with Gasteiger partial charge < -0.3 is 38.2 Å². The van der Waals surface area contributed by atoms with Gasteiger partial charge in [0.1, 0.15) is 56.4 Å². The first-order valence-electron chi connectivity index (χ1n) is 32.8. The fraction of sp³-hybridized carbons (Fsp3) is 0.529. The van der Waals surface area contributed by atoms with Crippen molar-refractivity contribution in [3.8, 4) is 45.8 Å². The average molecular weight is 1300 g/mol. The van der Waals surface area contributed by atoms with Crippen molar-refractivity contribution in [2.24, 2.45) is 45.5 Å². The second-order valence-electron chi connectivity index (χ2n) is 24.7. The average Bonchev–Trinajstić information content (AvgIpc) is 1.60. The predicted molar refractivity (Wildman–Crippen MR) is 368 cm³/mol. The molecule has 0 amide bonds. The maximum atomic E-state index is 14.1. The lowest BCUT2D eigenvalue weighted by Crippen LogP contribution is -2.37. The molecule has 21 nitrogen and oxygen atoms in total. The number of aliphatic imine (C=N–C) groups is 2. The van der Waals surface area contributed by atoms with Crippen molar-refractivity contribution in [2.45, 2.75) is 153 Å². The number of benzene rings is 2. The molecule has 2 saturated carbocycles. The van der Waals surface area contributed by atoms with Crippen LogP contribution in [0.15, 0.2) is 76.1 Å². The molecule has 93 heavy (non-hydrogen) atoms. The molecular weight excluding hydrogens is 1210 g/mol. The standard InChI is InChI=1S/C39H52N6O4S.C31H37N7O4S/c1-9-12-13-14-15-16-21-48-28-17-18-30(47-8)29(24-28)36-42-37-33(39(46)49-35-26(5)22-25(4)23-27(35)6)34(40-7)38(45(37)43-36)41-31-19-20-32(50-31)44(10-2)11-3;1-9-37(10-2)23-16-33-31(43-23)35-29-25(32-6)24(30(39)42-26-18(4)13-17(3)14-19(26)5)28-34-27(36-38(28)29)21-15-20(40-7)11-12-22(21)41-8/h17-20,24-27,35H,9-16,21-23H2,1-6,8H3;11-12,15-19,26H,9-10,13-14H2,1-5,7-8H3. The maximum Gasteiger partial charge on any atom is 0.331 e. The molecule has 4 aliphatic rings. The molecule has 0 N–H and O–H groups in total. The number of hydrogen-bond acceptors (Lipinski definition) is 19.